The maximum atomic E-state index is 14.6. The summed E-state index contributed by atoms with van der Waals surface area (Å²) in [5.41, 5.74) is 0.129. The number of hydrogen-bond acceptors (Lipinski definition) is 9. The second-order valence-electron chi connectivity index (χ2n) is 11.1. The number of halogens is 2. The number of unbranched alkanes of at least 4 members (excludes halogenated alkanes) is 4. The molecular formula is C30H42F2N4O6. The highest BCUT2D eigenvalue weighted by Crippen LogP contribution is 2.36. The summed E-state index contributed by atoms with van der Waals surface area (Å²) < 4.78 is 47.4. The summed E-state index contributed by atoms with van der Waals surface area (Å²) in [6.45, 7) is 5.15. The molecule has 0 aliphatic carbocycles. The Morgan fingerprint density at radius 3 is 2.48 bits per heavy atom. The van der Waals surface area contributed by atoms with Gasteiger partial charge in [-0.3, -0.25) is 0 Å². The third kappa shape index (κ3) is 6.57. The van der Waals surface area contributed by atoms with Gasteiger partial charge in [0.1, 0.15) is 47.1 Å². The van der Waals surface area contributed by atoms with Gasteiger partial charge in [-0.25, -0.2) is 13.5 Å². The van der Waals surface area contributed by atoms with E-state index in [9.17, 15) is 24.1 Å². The first-order chi connectivity index (χ1) is 20.2. The Morgan fingerprint density at radius 2 is 1.79 bits per heavy atom. The van der Waals surface area contributed by atoms with Gasteiger partial charge in [-0.1, -0.05) is 62.4 Å². The summed E-state index contributed by atoms with van der Waals surface area (Å²) in [5.74, 6) is -1.61. The molecule has 1 aliphatic heterocycles. The summed E-state index contributed by atoms with van der Waals surface area (Å²) in [5, 5.41) is 44.4. The Morgan fingerprint density at radius 1 is 1.05 bits per heavy atom. The van der Waals surface area contributed by atoms with Crippen molar-refractivity contribution in [1.29, 1.82) is 0 Å². The van der Waals surface area contributed by atoms with E-state index in [1.807, 2.05) is 6.92 Å². The van der Waals surface area contributed by atoms with Crippen LogP contribution in [0.3, 0.4) is 0 Å². The smallest absolute Gasteiger partial charge is 0.168 e. The Bertz CT molecular complexity index is 1300. The van der Waals surface area contributed by atoms with Gasteiger partial charge in [0.15, 0.2) is 11.6 Å². The molecule has 10 nitrogen and oxygen atoms in total. The van der Waals surface area contributed by atoms with E-state index in [-0.39, 0.29) is 23.2 Å². The van der Waals surface area contributed by atoms with Crippen molar-refractivity contribution < 1.29 is 38.1 Å². The van der Waals surface area contributed by atoms with Crippen LogP contribution in [-0.2, 0) is 21.5 Å². The molecule has 1 aliphatic rings. The number of aliphatic hydroxyl groups is 3. The number of rotatable bonds is 14. The first-order valence-electron chi connectivity index (χ1n) is 14.7. The SMILES string of the molecule is CCCCCCCC(CC)(OC)c1cc(C[C@H]2O[C@H](CO)[C@H](O)[C@H](n3cc(-c4ccc(C)c(F)c4F)nn3)[C@H]2O)on1. The lowest BCUT2D eigenvalue weighted by molar-refractivity contribution is -0.205. The zero-order chi connectivity index (χ0) is 30.4. The molecule has 1 aromatic carbocycles. The molecule has 42 heavy (non-hydrogen) atoms. The summed E-state index contributed by atoms with van der Waals surface area (Å²) in [6.07, 6.45) is 3.89. The fourth-order valence-electron chi connectivity index (χ4n) is 5.72. The lowest BCUT2D eigenvalue weighted by atomic mass is 9.88. The molecule has 12 heteroatoms. The van der Waals surface area contributed by atoms with Crippen LogP contribution in [-0.4, -0.2) is 73.6 Å². The van der Waals surface area contributed by atoms with Gasteiger partial charge in [-0.15, -0.1) is 5.10 Å². The predicted octanol–water partition coefficient (Wildman–Crippen LogP) is 4.40. The van der Waals surface area contributed by atoms with E-state index in [1.54, 1.807) is 13.2 Å². The number of ether oxygens (including phenoxy) is 2. The number of hydrogen-bond donors (Lipinski definition) is 3. The van der Waals surface area contributed by atoms with Gasteiger partial charge >= 0.3 is 0 Å². The molecule has 0 saturated carbocycles. The van der Waals surface area contributed by atoms with E-state index in [0.29, 0.717) is 17.9 Å². The van der Waals surface area contributed by atoms with Crippen LogP contribution < -0.4 is 0 Å². The number of aryl methyl sites for hydroxylation is 1. The van der Waals surface area contributed by atoms with Crippen LogP contribution in [0.2, 0.25) is 0 Å². The highest BCUT2D eigenvalue weighted by atomic mass is 19.2. The van der Waals surface area contributed by atoms with Crippen LogP contribution in [0.1, 0.15) is 81.9 Å². The van der Waals surface area contributed by atoms with Gasteiger partial charge in [-0.2, -0.15) is 0 Å². The molecule has 3 aromatic rings. The van der Waals surface area contributed by atoms with Crippen LogP contribution in [0.25, 0.3) is 11.3 Å². The van der Waals surface area contributed by atoms with Crippen molar-refractivity contribution >= 4 is 0 Å². The van der Waals surface area contributed by atoms with E-state index in [2.05, 4.69) is 22.4 Å². The van der Waals surface area contributed by atoms with Crippen LogP contribution in [0.15, 0.2) is 28.9 Å². The molecule has 1 saturated heterocycles. The van der Waals surface area contributed by atoms with E-state index >= 15 is 0 Å². The molecule has 0 spiro atoms. The third-order valence-corrected chi connectivity index (χ3v) is 8.43. The minimum absolute atomic E-state index is 0.0273. The highest BCUT2D eigenvalue weighted by Gasteiger charge is 2.46. The molecule has 0 radical (unpaired) electrons. The zero-order valence-corrected chi connectivity index (χ0v) is 24.7. The van der Waals surface area contributed by atoms with Crippen molar-refractivity contribution in [3.63, 3.8) is 0 Å². The first-order valence-corrected chi connectivity index (χ1v) is 14.7. The van der Waals surface area contributed by atoms with Gasteiger partial charge in [0.25, 0.3) is 0 Å². The summed E-state index contributed by atoms with van der Waals surface area (Å²) >= 11 is 0. The molecule has 0 bridgehead atoms. The average Bonchev–Trinajstić information content (AvgIpc) is 3.66. The predicted molar refractivity (Wildman–Crippen MR) is 149 cm³/mol. The monoisotopic (exact) mass is 592 g/mol. The van der Waals surface area contributed by atoms with Crippen molar-refractivity contribution in [3.8, 4) is 11.3 Å². The number of benzene rings is 1. The molecule has 232 valence electrons. The molecule has 1 unspecified atom stereocenters. The quantitative estimate of drug-likeness (QED) is 0.233. The number of aliphatic hydroxyl groups excluding tert-OH is 3. The van der Waals surface area contributed by atoms with Gasteiger partial charge in [0, 0.05) is 25.2 Å². The second-order valence-corrected chi connectivity index (χ2v) is 11.1. The van der Waals surface area contributed by atoms with E-state index in [4.69, 9.17) is 14.0 Å². The molecule has 4 rings (SSSR count). The molecule has 2 aromatic heterocycles. The maximum absolute atomic E-state index is 14.6. The summed E-state index contributed by atoms with van der Waals surface area (Å²) in [7, 11) is 1.67. The Kier molecular flexibility index (Phi) is 10.8. The van der Waals surface area contributed by atoms with Crippen LogP contribution in [0.4, 0.5) is 8.78 Å². The standard InChI is InChI=1S/C30H42F2N4O6/c1-5-7-8-9-10-13-30(6-2,40-4)24-15-19(42-34-24)14-22-28(38)27(29(39)23(17-37)41-22)36-16-21(33-35-36)20-12-11-18(3)25(31)26(20)32/h11-12,15-16,22-23,27-29,37-39H,5-10,13-14,17H2,1-4H3/t22-,23-,27-,28+,29+,30?/m1/s1. The fraction of sp³-hybridized carbons (Fsp3) is 0.633. The van der Waals surface area contributed by atoms with Crippen molar-refractivity contribution in [1.82, 2.24) is 20.2 Å². The summed E-state index contributed by atoms with van der Waals surface area (Å²) in [6, 6.07) is 3.52. The number of nitrogens with zero attached hydrogens (tertiary/aromatic N) is 4. The first kappa shape index (κ1) is 32.2. The number of aromatic nitrogens is 4. The van der Waals surface area contributed by atoms with Crippen molar-refractivity contribution in [3.05, 3.63) is 53.0 Å². The fourth-order valence-corrected chi connectivity index (χ4v) is 5.72. The molecule has 3 N–H and O–H groups in total. The van der Waals surface area contributed by atoms with E-state index in [0.717, 1.165) is 19.3 Å². The maximum Gasteiger partial charge on any atom is 0.168 e. The topological polar surface area (TPSA) is 136 Å². The van der Waals surface area contributed by atoms with Crippen molar-refractivity contribution in [2.24, 2.45) is 0 Å². The average molecular weight is 593 g/mol. The molecule has 1 fully saturated rings. The minimum atomic E-state index is -1.37. The number of methoxy groups -OCH3 is 1. The van der Waals surface area contributed by atoms with Crippen molar-refractivity contribution in [2.45, 2.75) is 108 Å². The second kappa shape index (κ2) is 14.1. The van der Waals surface area contributed by atoms with E-state index < -0.39 is 54.3 Å². The zero-order valence-electron chi connectivity index (χ0n) is 24.7. The Hall–Kier alpha value is -2.77. The Labute approximate surface area is 244 Å². The normalized spacial score (nSPS) is 24.2. The lowest BCUT2D eigenvalue weighted by Gasteiger charge is -2.42. The van der Waals surface area contributed by atoms with Gasteiger partial charge < -0.3 is 29.3 Å². The molecule has 6 atom stereocenters. The van der Waals surface area contributed by atoms with Crippen LogP contribution in [0, 0.1) is 18.6 Å². The van der Waals surface area contributed by atoms with Gasteiger partial charge in [0.2, 0.25) is 0 Å². The molecule has 3 heterocycles. The molecule has 0 amide bonds. The van der Waals surface area contributed by atoms with E-state index in [1.165, 1.54) is 49.2 Å². The largest absolute Gasteiger partial charge is 0.394 e. The van der Waals surface area contributed by atoms with Crippen LogP contribution >= 0.6 is 0 Å². The highest BCUT2D eigenvalue weighted by molar-refractivity contribution is 5.59. The van der Waals surface area contributed by atoms with Gasteiger partial charge in [-0.05, 0) is 31.4 Å². The third-order valence-electron chi connectivity index (χ3n) is 8.43. The lowest BCUT2D eigenvalue weighted by Crippen LogP contribution is -2.56. The summed E-state index contributed by atoms with van der Waals surface area (Å²) in [4.78, 5) is 0. The minimum Gasteiger partial charge on any atom is -0.394 e. The van der Waals surface area contributed by atoms with Crippen LogP contribution in [0.5, 0.6) is 0 Å². The Balaban J connectivity index is 1.53. The van der Waals surface area contributed by atoms with Crippen molar-refractivity contribution in [2.75, 3.05) is 13.7 Å². The molecular weight excluding hydrogens is 550 g/mol. The van der Waals surface area contributed by atoms with Gasteiger partial charge in [0.05, 0.1) is 18.9 Å².